The van der Waals surface area contributed by atoms with Gasteiger partial charge in [0.2, 0.25) is 5.43 Å². The monoisotopic (exact) mass is 541 g/mol. The molecule has 5 rings (SSSR count). The molecule has 0 saturated heterocycles. The molecule has 7 heteroatoms. The van der Waals surface area contributed by atoms with Gasteiger partial charge in [0.05, 0.1) is 5.52 Å². The first kappa shape index (κ1) is 26.4. The summed E-state index contributed by atoms with van der Waals surface area (Å²) < 4.78 is 15.1. The zero-order valence-corrected chi connectivity index (χ0v) is 22.3. The molecule has 0 saturated carbocycles. The first-order chi connectivity index (χ1) is 18.8. The number of halogens is 2. The number of amides is 1. The van der Waals surface area contributed by atoms with E-state index in [2.05, 4.69) is 40.4 Å². The number of benzene rings is 3. The predicted molar refractivity (Wildman–Crippen MR) is 154 cm³/mol. The summed E-state index contributed by atoms with van der Waals surface area (Å²) in [7, 11) is 0. The maximum absolute atomic E-state index is 15.1. The van der Waals surface area contributed by atoms with E-state index in [0.29, 0.717) is 17.0 Å². The molecule has 0 bridgehead atoms. The van der Waals surface area contributed by atoms with Crippen LogP contribution in [-0.4, -0.2) is 15.9 Å². The summed E-state index contributed by atoms with van der Waals surface area (Å²) in [5, 5.41) is 3.51. The smallest absolute Gasteiger partial charge is 0.257 e. The second kappa shape index (κ2) is 11.3. The van der Waals surface area contributed by atoms with Gasteiger partial charge in [0, 0.05) is 40.5 Å². The van der Waals surface area contributed by atoms with Gasteiger partial charge < -0.3 is 15.3 Å². The Morgan fingerprint density at radius 2 is 1.72 bits per heavy atom. The highest BCUT2D eigenvalue weighted by atomic mass is 35.5. The molecule has 3 aromatic carbocycles. The number of hydrogen-bond acceptors (Lipinski definition) is 2. The Morgan fingerprint density at radius 3 is 2.44 bits per heavy atom. The van der Waals surface area contributed by atoms with Gasteiger partial charge in [-0.3, -0.25) is 9.59 Å². The molecule has 1 atom stereocenters. The minimum Gasteiger partial charge on any atom is -0.365 e. The molecule has 2 aromatic heterocycles. The van der Waals surface area contributed by atoms with Crippen LogP contribution in [0.15, 0.2) is 96.1 Å². The van der Waals surface area contributed by atoms with E-state index in [0.717, 1.165) is 24.1 Å². The summed E-state index contributed by atoms with van der Waals surface area (Å²) in [6.45, 7) is 2.43. The van der Waals surface area contributed by atoms with Crippen molar-refractivity contribution in [2.75, 3.05) is 0 Å². The highest BCUT2D eigenvalue weighted by Gasteiger charge is 2.28. The van der Waals surface area contributed by atoms with E-state index in [1.54, 1.807) is 30.3 Å². The standard InChI is InChI=1S/C32H29ClFN3O2/c1-32(28-8-5-15-35-28,18-21-6-3-2-4-7-21)14-13-23-16-25-29(27(34)17-23)36-20-26(30(25)38)31(39)37-19-22-9-11-24(33)12-10-22/h2-12,15-17,20,35H,13-14,18-19H2,1H3,(H,36,38)(H,37,39). The number of aromatic nitrogens is 2. The first-order valence-electron chi connectivity index (χ1n) is 12.9. The lowest BCUT2D eigenvalue weighted by Gasteiger charge is -2.29. The number of aryl methyl sites for hydroxylation is 1. The Morgan fingerprint density at radius 1 is 0.949 bits per heavy atom. The van der Waals surface area contributed by atoms with Crippen molar-refractivity contribution in [1.82, 2.24) is 15.3 Å². The van der Waals surface area contributed by atoms with Crippen LogP contribution in [-0.2, 0) is 24.8 Å². The summed E-state index contributed by atoms with van der Waals surface area (Å²) >= 11 is 5.92. The quantitative estimate of drug-likeness (QED) is 0.194. The van der Waals surface area contributed by atoms with E-state index in [9.17, 15) is 9.59 Å². The fourth-order valence-corrected chi connectivity index (χ4v) is 5.15. The average Bonchev–Trinajstić information content (AvgIpc) is 3.49. The number of carbonyl (C=O) groups excluding carboxylic acids is 1. The summed E-state index contributed by atoms with van der Waals surface area (Å²) in [6.07, 6.45) is 5.28. The highest BCUT2D eigenvalue weighted by molar-refractivity contribution is 6.30. The van der Waals surface area contributed by atoms with Crippen LogP contribution in [0.3, 0.4) is 0 Å². The van der Waals surface area contributed by atoms with Crippen LogP contribution >= 0.6 is 11.6 Å². The number of fused-ring (bicyclic) bond motifs is 1. The predicted octanol–water partition coefficient (Wildman–Crippen LogP) is 6.71. The Hall–Kier alpha value is -4.16. The molecule has 5 aromatic rings. The van der Waals surface area contributed by atoms with E-state index in [4.69, 9.17) is 11.6 Å². The number of hydrogen-bond donors (Lipinski definition) is 3. The van der Waals surface area contributed by atoms with Crippen molar-refractivity contribution in [3.63, 3.8) is 0 Å². The van der Waals surface area contributed by atoms with Gasteiger partial charge >= 0.3 is 0 Å². The fourth-order valence-electron chi connectivity index (χ4n) is 5.03. The Balaban J connectivity index is 1.39. The molecular formula is C32H29ClFN3O2. The van der Waals surface area contributed by atoms with Crippen molar-refractivity contribution < 1.29 is 9.18 Å². The normalized spacial score (nSPS) is 12.8. The van der Waals surface area contributed by atoms with Crippen molar-refractivity contribution in [3.8, 4) is 0 Å². The van der Waals surface area contributed by atoms with Crippen molar-refractivity contribution in [2.45, 2.75) is 38.1 Å². The molecule has 0 aliphatic heterocycles. The zero-order valence-electron chi connectivity index (χ0n) is 21.6. The SMILES string of the molecule is CC(CCc1cc(F)c2[nH]cc(C(=O)NCc3ccc(Cl)cc3)c(=O)c2c1)(Cc1ccccc1)c1ccc[nH]1. The zero-order chi connectivity index (χ0) is 27.4. The molecule has 5 nitrogen and oxygen atoms in total. The van der Waals surface area contributed by atoms with Gasteiger partial charge in [-0.2, -0.15) is 0 Å². The molecule has 198 valence electrons. The second-order valence-electron chi connectivity index (χ2n) is 10.1. The number of carbonyl (C=O) groups is 1. The number of pyridine rings is 1. The lowest BCUT2D eigenvalue weighted by molar-refractivity contribution is 0.0949. The van der Waals surface area contributed by atoms with Crippen LogP contribution in [0, 0.1) is 5.82 Å². The van der Waals surface area contributed by atoms with Crippen molar-refractivity contribution >= 4 is 28.4 Å². The average molecular weight is 542 g/mol. The van der Waals surface area contributed by atoms with Gasteiger partial charge in [0.25, 0.3) is 5.91 Å². The molecule has 1 amide bonds. The first-order valence-corrected chi connectivity index (χ1v) is 13.2. The minimum absolute atomic E-state index is 0.0617. The van der Waals surface area contributed by atoms with E-state index in [1.807, 2.05) is 30.5 Å². The third-order valence-corrected chi connectivity index (χ3v) is 7.51. The molecule has 0 aliphatic rings. The van der Waals surface area contributed by atoms with Crippen molar-refractivity contribution in [2.24, 2.45) is 0 Å². The lowest BCUT2D eigenvalue weighted by Crippen LogP contribution is -2.28. The number of nitrogens with one attached hydrogen (secondary N) is 3. The van der Waals surface area contributed by atoms with Crippen LogP contribution < -0.4 is 10.7 Å². The van der Waals surface area contributed by atoms with Gasteiger partial charge in [-0.15, -0.1) is 0 Å². The van der Waals surface area contributed by atoms with Gasteiger partial charge in [0.15, 0.2) is 0 Å². The maximum atomic E-state index is 15.1. The molecule has 39 heavy (non-hydrogen) atoms. The fraction of sp³-hybridized carbons (Fsp3) is 0.188. The largest absolute Gasteiger partial charge is 0.365 e. The molecule has 2 heterocycles. The highest BCUT2D eigenvalue weighted by Crippen LogP contribution is 2.32. The Bertz CT molecular complexity index is 1650. The van der Waals surface area contributed by atoms with Crippen LogP contribution in [0.25, 0.3) is 10.9 Å². The van der Waals surface area contributed by atoms with Crippen LogP contribution in [0.2, 0.25) is 5.02 Å². The van der Waals surface area contributed by atoms with E-state index >= 15 is 4.39 Å². The van der Waals surface area contributed by atoms with Gasteiger partial charge in [-0.1, -0.05) is 61.0 Å². The molecule has 0 aliphatic carbocycles. The number of aromatic amines is 2. The van der Waals surface area contributed by atoms with E-state index < -0.39 is 17.2 Å². The van der Waals surface area contributed by atoms with Gasteiger partial charge in [-0.25, -0.2) is 4.39 Å². The summed E-state index contributed by atoms with van der Waals surface area (Å²) in [6, 6.07) is 24.5. The summed E-state index contributed by atoms with van der Waals surface area (Å²) in [5.41, 5.74) is 3.16. The lowest BCUT2D eigenvalue weighted by atomic mass is 9.76. The van der Waals surface area contributed by atoms with E-state index in [-0.39, 0.29) is 28.4 Å². The van der Waals surface area contributed by atoms with E-state index in [1.165, 1.54) is 17.8 Å². The maximum Gasteiger partial charge on any atom is 0.257 e. The molecule has 0 spiro atoms. The van der Waals surface area contributed by atoms with Gasteiger partial charge in [-0.05, 0) is 72.4 Å². The molecule has 0 fully saturated rings. The van der Waals surface area contributed by atoms with Crippen LogP contribution in [0.5, 0.6) is 0 Å². The van der Waals surface area contributed by atoms with Crippen molar-refractivity contribution in [3.05, 3.63) is 140 Å². The summed E-state index contributed by atoms with van der Waals surface area (Å²) in [5.74, 6) is -1.04. The minimum atomic E-state index is -0.527. The molecular weight excluding hydrogens is 513 g/mol. The molecule has 0 radical (unpaired) electrons. The summed E-state index contributed by atoms with van der Waals surface area (Å²) in [4.78, 5) is 32.3. The Labute approximate surface area is 231 Å². The molecule has 3 N–H and O–H groups in total. The third-order valence-electron chi connectivity index (χ3n) is 7.26. The molecule has 1 unspecified atom stereocenters. The Kier molecular flexibility index (Phi) is 7.66. The van der Waals surface area contributed by atoms with Gasteiger partial charge in [0.1, 0.15) is 11.4 Å². The number of rotatable bonds is 9. The second-order valence-corrected chi connectivity index (χ2v) is 10.6. The van der Waals surface area contributed by atoms with Crippen LogP contribution in [0.4, 0.5) is 4.39 Å². The third kappa shape index (κ3) is 5.96. The topological polar surface area (TPSA) is 77.8 Å². The van der Waals surface area contributed by atoms with Crippen LogP contribution in [0.1, 0.15) is 46.1 Å². The van der Waals surface area contributed by atoms with Crippen molar-refractivity contribution in [1.29, 1.82) is 0 Å². The number of H-pyrrole nitrogens is 2.